The molecule has 0 bridgehead atoms. The molecule has 0 aliphatic heterocycles. The number of benzene rings is 1. The van der Waals surface area contributed by atoms with E-state index >= 15 is 0 Å². The summed E-state index contributed by atoms with van der Waals surface area (Å²) in [7, 11) is -1.06. The van der Waals surface area contributed by atoms with Crippen LogP contribution in [0.1, 0.15) is 6.92 Å². The second-order valence-electron chi connectivity index (χ2n) is 3.95. The average Bonchev–Trinajstić information content (AvgIpc) is 2.37. The SMILES string of the molecule is COc1cc(OC)c(S(=O)(=O)N[C@H](C)CO)cc1N. The van der Waals surface area contributed by atoms with E-state index in [1.165, 1.54) is 33.3 Å². The van der Waals surface area contributed by atoms with Gasteiger partial charge in [0.15, 0.2) is 0 Å². The molecule has 0 aliphatic carbocycles. The Morgan fingerprint density at radius 1 is 1.32 bits per heavy atom. The van der Waals surface area contributed by atoms with Gasteiger partial charge < -0.3 is 20.3 Å². The predicted octanol–water partition coefficient (Wildman–Crippen LogP) is -0.0549. The molecule has 0 unspecified atom stereocenters. The van der Waals surface area contributed by atoms with Crippen LogP contribution >= 0.6 is 0 Å². The van der Waals surface area contributed by atoms with Crippen LogP contribution in [0.3, 0.4) is 0 Å². The molecule has 0 saturated carbocycles. The number of rotatable bonds is 6. The van der Waals surface area contributed by atoms with Gasteiger partial charge in [0.1, 0.15) is 16.4 Å². The molecule has 1 aromatic carbocycles. The van der Waals surface area contributed by atoms with Gasteiger partial charge in [0.05, 0.1) is 26.5 Å². The summed E-state index contributed by atoms with van der Waals surface area (Å²) in [4.78, 5) is -0.103. The molecular formula is C11H18N2O5S. The van der Waals surface area contributed by atoms with Gasteiger partial charge in [-0.05, 0) is 13.0 Å². The molecule has 0 heterocycles. The molecule has 8 heteroatoms. The van der Waals surface area contributed by atoms with E-state index in [4.69, 9.17) is 20.3 Å². The molecule has 0 fully saturated rings. The number of nitrogens with two attached hydrogens (primary N) is 1. The van der Waals surface area contributed by atoms with Crippen molar-refractivity contribution in [3.8, 4) is 11.5 Å². The van der Waals surface area contributed by atoms with Gasteiger partial charge in [0.25, 0.3) is 0 Å². The maximum atomic E-state index is 12.1. The number of aliphatic hydroxyl groups excluding tert-OH is 1. The van der Waals surface area contributed by atoms with Crippen molar-refractivity contribution >= 4 is 15.7 Å². The number of hydrogen-bond acceptors (Lipinski definition) is 6. The zero-order valence-electron chi connectivity index (χ0n) is 11.0. The van der Waals surface area contributed by atoms with Crippen molar-refractivity contribution in [2.45, 2.75) is 17.9 Å². The van der Waals surface area contributed by atoms with Gasteiger partial charge in [0, 0.05) is 12.1 Å². The first-order chi connectivity index (χ1) is 8.85. The monoisotopic (exact) mass is 290 g/mol. The number of hydrogen-bond donors (Lipinski definition) is 3. The van der Waals surface area contributed by atoms with E-state index in [1.54, 1.807) is 0 Å². The molecule has 0 aromatic heterocycles. The van der Waals surface area contributed by atoms with Crippen LogP contribution in [-0.4, -0.2) is 40.4 Å². The minimum absolute atomic E-state index is 0.103. The standard InChI is InChI=1S/C11H18N2O5S/c1-7(6-14)13-19(15,16)11-4-8(12)9(17-2)5-10(11)18-3/h4-5,7,13-14H,6,12H2,1-3H3/t7-/m1/s1. The second-order valence-corrected chi connectivity index (χ2v) is 5.63. The van der Waals surface area contributed by atoms with Crippen molar-refractivity contribution in [2.24, 2.45) is 0 Å². The summed E-state index contributed by atoms with van der Waals surface area (Å²) in [5, 5.41) is 8.91. The lowest BCUT2D eigenvalue weighted by Gasteiger charge is -2.16. The quantitative estimate of drug-likeness (QED) is 0.633. The maximum Gasteiger partial charge on any atom is 0.244 e. The van der Waals surface area contributed by atoms with Crippen molar-refractivity contribution in [2.75, 3.05) is 26.6 Å². The van der Waals surface area contributed by atoms with Gasteiger partial charge >= 0.3 is 0 Å². The summed E-state index contributed by atoms with van der Waals surface area (Å²) in [5.41, 5.74) is 5.87. The Kier molecular flexibility index (Phi) is 4.98. The third-order valence-electron chi connectivity index (χ3n) is 2.44. The van der Waals surface area contributed by atoms with E-state index in [0.717, 1.165) is 0 Å². The molecule has 1 rings (SSSR count). The first-order valence-corrected chi connectivity index (χ1v) is 6.98. The van der Waals surface area contributed by atoms with Crippen molar-refractivity contribution < 1.29 is 23.0 Å². The normalized spacial score (nSPS) is 13.1. The first kappa shape index (κ1) is 15.5. The molecule has 0 aliphatic rings. The molecular weight excluding hydrogens is 272 g/mol. The molecule has 1 aromatic rings. The van der Waals surface area contributed by atoms with Gasteiger partial charge in [-0.1, -0.05) is 0 Å². The molecule has 0 radical (unpaired) electrons. The number of anilines is 1. The zero-order chi connectivity index (χ0) is 14.6. The lowest BCUT2D eigenvalue weighted by molar-refractivity contribution is 0.265. The van der Waals surface area contributed by atoms with Crippen LogP contribution in [0, 0.1) is 0 Å². The van der Waals surface area contributed by atoms with E-state index in [-0.39, 0.29) is 22.9 Å². The molecule has 4 N–H and O–H groups in total. The fourth-order valence-electron chi connectivity index (χ4n) is 1.47. The van der Waals surface area contributed by atoms with Crippen molar-refractivity contribution in [1.82, 2.24) is 4.72 Å². The van der Waals surface area contributed by atoms with Gasteiger partial charge in [-0.15, -0.1) is 0 Å². The highest BCUT2D eigenvalue weighted by Gasteiger charge is 2.23. The number of methoxy groups -OCH3 is 2. The largest absolute Gasteiger partial charge is 0.495 e. The van der Waals surface area contributed by atoms with Gasteiger partial charge in [-0.25, -0.2) is 13.1 Å². The van der Waals surface area contributed by atoms with Crippen LogP contribution in [0.15, 0.2) is 17.0 Å². The summed E-state index contributed by atoms with van der Waals surface area (Å²) >= 11 is 0. The summed E-state index contributed by atoms with van der Waals surface area (Å²) in [6.45, 7) is 1.23. The van der Waals surface area contributed by atoms with Crippen LogP contribution < -0.4 is 19.9 Å². The predicted molar refractivity (Wildman–Crippen MR) is 70.8 cm³/mol. The van der Waals surface area contributed by atoms with E-state index in [1.807, 2.05) is 0 Å². The summed E-state index contributed by atoms with van der Waals surface area (Å²) < 4.78 is 36.6. The topological polar surface area (TPSA) is 111 Å². The van der Waals surface area contributed by atoms with Crippen molar-refractivity contribution in [3.63, 3.8) is 0 Å². The van der Waals surface area contributed by atoms with Gasteiger partial charge in [-0.3, -0.25) is 0 Å². The lowest BCUT2D eigenvalue weighted by Crippen LogP contribution is -2.35. The number of sulfonamides is 1. The Hall–Kier alpha value is -1.51. The fraction of sp³-hybridized carbons (Fsp3) is 0.455. The van der Waals surface area contributed by atoms with E-state index < -0.39 is 16.1 Å². The summed E-state index contributed by atoms with van der Waals surface area (Å²) in [6, 6.07) is 2.04. The number of nitrogen functional groups attached to an aromatic ring is 1. The zero-order valence-corrected chi connectivity index (χ0v) is 11.8. The van der Waals surface area contributed by atoms with Gasteiger partial charge in [-0.2, -0.15) is 0 Å². The van der Waals surface area contributed by atoms with Crippen molar-refractivity contribution in [3.05, 3.63) is 12.1 Å². The Labute approximate surface area is 112 Å². The molecule has 7 nitrogen and oxygen atoms in total. The van der Waals surface area contributed by atoms with Crippen LogP contribution in [-0.2, 0) is 10.0 Å². The highest BCUT2D eigenvalue weighted by atomic mass is 32.2. The number of nitrogens with one attached hydrogen (secondary N) is 1. The van der Waals surface area contributed by atoms with Crippen LogP contribution in [0.2, 0.25) is 0 Å². The minimum Gasteiger partial charge on any atom is -0.495 e. The molecule has 0 saturated heterocycles. The average molecular weight is 290 g/mol. The number of aliphatic hydroxyl groups is 1. The molecule has 19 heavy (non-hydrogen) atoms. The Morgan fingerprint density at radius 3 is 2.37 bits per heavy atom. The van der Waals surface area contributed by atoms with Crippen molar-refractivity contribution in [1.29, 1.82) is 0 Å². The smallest absolute Gasteiger partial charge is 0.244 e. The van der Waals surface area contributed by atoms with Crippen LogP contribution in [0.5, 0.6) is 11.5 Å². The third kappa shape index (κ3) is 3.49. The highest BCUT2D eigenvalue weighted by Crippen LogP contribution is 2.33. The first-order valence-electron chi connectivity index (χ1n) is 5.50. The fourth-order valence-corrected chi connectivity index (χ4v) is 2.89. The number of ether oxygens (including phenoxy) is 2. The van der Waals surface area contributed by atoms with E-state index in [0.29, 0.717) is 5.75 Å². The van der Waals surface area contributed by atoms with Crippen LogP contribution in [0.4, 0.5) is 5.69 Å². The summed E-state index contributed by atoms with van der Waals surface area (Å²) in [6.07, 6.45) is 0. The molecule has 108 valence electrons. The third-order valence-corrected chi connectivity index (χ3v) is 4.05. The summed E-state index contributed by atoms with van der Waals surface area (Å²) in [5.74, 6) is 0.440. The van der Waals surface area contributed by atoms with Gasteiger partial charge in [0.2, 0.25) is 10.0 Å². The highest BCUT2D eigenvalue weighted by molar-refractivity contribution is 7.89. The second kappa shape index (κ2) is 6.09. The maximum absolute atomic E-state index is 12.1. The molecule has 0 spiro atoms. The Bertz CT molecular complexity index is 544. The minimum atomic E-state index is -3.83. The van der Waals surface area contributed by atoms with E-state index in [2.05, 4.69) is 4.72 Å². The molecule has 0 amide bonds. The van der Waals surface area contributed by atoms with Crippen LogP contribution in [0.25, 0.3) is 0 Å². The Balaban J connectivity index is 3.29. The van der Waals surface area contributed by atoms with E-state index in [9.17, 15) is 8.42 Å². The molecule has 1 atom stereocenters. The Morgan fingerprint density at radius 2 is 1.89 bits per heavy atom. The lowest BCUT2D eigenvalue weighted by atomic mass is 10.3.